The van der Waals surface area contributed by atoms with Crippen LogP contribution in [0.4, 0.5) is 11.6 Å². The molecule has 0 fully saturated rings. The smallest absolute Gasteiger partial charge is 0.278 e. The molecule has 0 radical (unpaired) electrons. The van der Waals surface area contributed by atoms with Crippen molar-refractivity contribution >= 4 is 22.8 Å². The number of rotatable bonds is 3. The number of anilines is 2. The highest BCUT2D eigenvalue weighted by Crippen LogP contribution is 2.14. The Morgan fingerprint density at radius 1 is 1.20 bits per heavy atom. The minimum Gasteiger partial charge on any atom is -0.508 e. The predicted octanol–water partition coefficient (Wildman–Crippen LogP) is 0.546. The summed E-state index contributed by atoms with van der Waals surface area (Å²) >= 11 is 0. The van der Waals surface area contributed by atoms with Gasteiger partial charge < -0.3 is 21.1 Å². The fourth-order valence-corrected chi connectivity index (χ4v) is 1.82. The molecular formula is C12H12N6O2. The third kappa shape index (κ3) is 2.26. The van der Waals surface area contributed by atoms with Crippen LogP contribution in [-0.2, 0) is 6.54 Å². The van der Waals surface area contributed by atoms with Gasteiger partial charge in [0.15, 0.2) is 11.2 Å². The van der Waals surface area contributed by atoms with Crippen molar-refractivity contribution in [2.75, 3.05) is 11.1 Å². The number of imidazole rings is 1. The highest BCUT2D eigenvalue weighted by molar-refractivity contribution is 5.70. The van der Waals surface area contributed by atoms with Crippen LogP contribution in [0, 0.1) is 0 Å². The van der Waals surface area contributed by atoms with E-state index in [2.05, 4.69) is 25.3 Å². The minimum absolute atomic E-state index is 0.0343. The summed E-state index contributed by atoms with van der Waals surface area (Å²) in [7, 11) is 0. The summed E-state index contributed by atoms with van der Waals surface area (Å²) in [6.07, 6.45) is 0. The molecule has 0 saturated heterocycles. The fourth-order valence-electron chi connectivity index (χ4n) is 1.82. The maximum Gasteiger partial charge on any atom is 0.278 e. The Labute approximate surface area is 112 Å². The number of hydrogen-bond acceptors (Lipinski definition) is 6. The average molecular weight is 272 g/mol. The van der Waals surface area contributed by atoms with Crippen LogP contribution in [0.25, 0.3) is 11.2 Å². The molecule has 0 unspecified atom stereocenters. The number of nitrogen functional groups attached to an aromatic ring is 1. The Kier molecular flexibility index (Phi) is 2.75. The van der Waals surface area contributed by atoms with E-state index in [1.54, 1.807) is 24.3 Å². The first-order valence-corrected chi connectivity index (χ1v) is 5.89. The monoisotopic (exact) mass is 272 g/mol. The molecule has 8 heteroatoms. The molecule has 0 aliphatic heterocycles. The molecule has 102 valence electrons. The molecule has 2 aromatic heterocycles. The SMILES string of the molecule is Nc1nc2nc(CNc3ccc(O)cc3)[nH]c2c(=O)[nH]1. The zero-order valence-corrected chi connectivity index (χ0v) is 10.3. The number of benzene rings is 1. The molecular weight excluding hydrogens is 260 g/mol. The van der Waals surface area contributed by atoms with Crippen molar-refractivity contribution in [1.29, 1.82) is 0 Å². The van der Waals surface area contributed by atoms with Crippen LogP contribution in [0.15, 0.2) is 29.1 Å². The molecule has 0 bridgehead atoms. The Morgan fingerprint density at radius 3 is 2.70 bits per heavy atom. The van der Waals surface area contributed by atoms with Gasteiger partial charge in [-0.1, -0.05) is 0 Å². The Hall–Kier alpha value is -3.03. The fraction of sp³-hybridized carbons (Fsp3) is 0.0833. The number of H-pyrrole nitrogens is 2. The number of nitrogens with one attached hydrogen (secondary N) is 3. The molecule has 0 atom stereocenters. The largest absolute Gasteiger partial charge is 0.508 e. The number of nitrogens with two attached hydrogens (primary N) is 1. The minimum atomic E-state index is -0.351. The summed E-state index contributed by atoms with van der Waals surface area (Å²) in [6, 6.07) is 6.63. The van der Waals surface area contributed by atoms with Gasteiger partial charge in [0.25, 0.3) is 5.56 Å². The molecule has 0 aliphatic carbocycles. The van der Waals surface area contributed by atoms with Gasteiger partial charge in [0, 0.05) is 5.69 Å². The quantitative estimate of drug-likeness (QED) is 0.442. The third-order valence-corrected chi connectivity index (χ3v) is 2.76. The third-order valence-electron chi connectivity index (χ3n) is 2.76. The molecule has 20 heavy (non-hydrogen) atoms. The molecule has 3 aromatic rings. The van der Waals surface area contributed by atoms with Crippen LogP contribution in [0.5, 0.6) is 5.75 Å². The van der Waals surface area contributed by atoms with E-state index >= 15 is 0 Å². The number of phenols is 1. The van der Waals surface area contributed by atoms with Crippen molar-refractivity contribution < 1.29 is 5.11 Å². The van der Waals surface area contributed by atoms with Crippen LogP contribution < -0.4 is 16.6 Å². The van der Waals surface area contributed by atoms with Crippen LogP contribution in [-0.4, -0.2) is 25.0 Å². The zero-order valence-electron chi connectivity index (χ0n) is 10.3. The zero-order chi connectivity index (χ0) is 14.1. The van der Waals surface area contributed by atoms with Gasteiger partial charge in [-0.2, -0.15) is 4.98 Å². The molecule has 8 nitrogen and oxygen atoms in total. The summed E-state index contributed by atoms with van der Waals surface area (Å²) < 4.78 is 0. The van der Waals surface area contributed by atoms with E-state index in [0.717, 1.165) is 5.69 Å². The van der Waals surface area contributed by atoms with Crippen molar-refractivity contribution in [3.05, 3.63) is 40.4 Å². The Balaban J connectivity index is 1.83. The van der Waals surface area contributed by atoms with Crippen molar-refractivity contribution in [2.24, 2.45) is 0 Å². The molecule has 0 saturated carbocycles. The maximum absolute atomic E-state index is 11.6. The van der Waals surface area contributed by atoms with E-state index in [9.17, 15) is 9.90 Å². The van der Waals surface area contributed by atoms with Gasteiger partial charge in [-0.15, -0.1) is 0 Å². The number of aromatic nitrogens is 4. The number of phenolic OH excluding ortho intramolecular Hbond substituents is 1. The highest BCUT2D eigenvalue weighted by atomic mass is 16.3. The molecule has 0 amide bonds. The average Bonchev–Trinajstić information content (AvgIpc) is 2.81. The van der Waals surface area contributed by atoms with Gasteiger partial charge in [0.05, 0.1) is 6.54 Å². The number of aromatic hydroxyl groups is 1. The van der Waals surface area contributed by atoms with Gasteiger partial charge in [-0.3, -0.25) is 9.78 Å². The Morgan fingerprint density at radius 2 is 1.95 bits per heavy atom. The van der Waals surface area contributed by atoms with E-state index in [0.29, 0.717) is 17.9 Å². The first kappa shape index (κ1) is 12.0. The van der Waals surface area contributed by atoms with E-state index in [4.69, 9.17) is 5.73 Å². The summed E-state index contributed by atoms with van der Waals surface area (Å²) in [4.78, 5) is 25.0. The lowest BCUT2D eigenvalue weighted by molar-refractivity contribution is 0.475. The van der Waals surface area contributed by atoms with E-state index < -0.39 is 0 Å². The second-order valence-corrected chi connectivity index (χ2v) is 4.23. The maximum atomic E-state index is 11.6. The second-order valence-electron chi connectivity index (χ2n) is 4.23. The van der Waals surface area contributed by atoms with Gasteiger partial charge in [-0.05, 0) is 24.3 Å². The number of hydrogen-bond donors (Lipinski definition) is 5. The van der Waals surface area contributed by atoms with Gasteiger partial charge >= 0.3 is 0 Å². The molecule has 1 aromatic carbocycles. The summed E-state index contributed by atoms with van der Waals surface area (Å²) in [6.45, 7) is 0.389. The van der Waals surface area contributed by atoms with Crippen LogP contribution >= 0.6 is 0 Å². The summed E-state index contributed by atoms with van der Waals surface area (Å²) in [5.41, 5.74) is 6.51. The molecule has 3 rings (SSSR count). The van der Waals surface area contributed by atoms with Gasteiger partial charge in [0.2, 0.25) is 5.95 Å². The topological polar surface area (TPSA) is 133 Å². The van der Waals surface area contributed by atoms with E-state index in [1.807, 2.05) is 0 Å². The second kappa shape index (κ2) is 4.57. The first-order valence-electron chi connectivity index (χ1n) is 5.89. The standard InChI is InChI=1S/C12H12N6O2/c13-12-17-10-9(11(20)18-12)15-8(16-10)5-14-6-1-3-7(19)4-2-6/h1-4,14,19H,5H2,(H4,13,15,16,17,18,20). The van der Waals surface area contributed by atoms with Crippen LogP contribution in [0.1, 0.15) is 5.82 Å². The van der Waals surface area contributed by atoms with Gasteiger partial charge in [-0.25, -0.2) is 4.98 Å². The number of fused-ring (bicyclic) bond motifs is 1. The van der Waals surface area contributed by atoms with Crippen molar-refractivity contribution in [2.45, 2.75) is 6.54 Å². The molecule has 2 heterocycles. The van der Waals surface area contributed by atoms with Crippen molar-refractivity contribution in [3.63, 3.8) is 0 Å². The molecule has 0 aliphatic rings. The lowest BCUT2D eigenvalue weighted by atomic mass is 10.3. The summed E-state index contributed by atoms with van der Waals surface area (Å²) in [5, 5.41) is 12.3. The lowest BCUT2D eigenvalue weighted by Crippen LogP contribution is -2.10. The van der Waals surface area contributed by atoms with Crippen molar-refractivity contribution in [1.82, 2.24) is 19.9 Å². The number of nitrogens with zero attached hydrogens (tertiary/aromatic N) is 2. The normalized spacial score (nSPS) is 10.8. The predicted molar refractivity (Wildman–Crippen MR) is 74.4 cm³/mol. The van der Waals surface area contributed by atoms with Gasteiger partial charge in [0.1, 0.15) is 11.6 Å². The lowest BCUT2D eigenvalue weighted by Gasteiger charge is -2.03. The molecule has 6 N–H and O–H groups in total. The Bertz CT molecular complexity index is 805. The van der Waals surface area contributed by atoms with Crippen LogP contribution in [0.3, 0.4) is 0 Å². The van der Waals surface area contributed by atoms with E-state index in [-0.39, 0.29) is 22.9 Å². The van der Waals surface area contributed by atoms with E-state index in [1.165, 1.54) is 0 Å². The number of aromatic amines is 2. The first-order chi connectivity index (χ1) is 9.61. The van der Waals surface area contributed by atoms with Crippen molar-refractivity contribution in [3.8, 4) is 5.75 Å². The highest BCUT2D eigenvalue weighted by Gasteiger charge is 2.08. The molecule has 0 spiro atoms. The van der Waals surface area contributed by atoms with Crippen LogP contribution in [0.2, 0.25) is 0 Å². The summed E-state index contributed by atoms with van der Waals surface area (Å²) in [5.74, 6) is 0.800.